The Morgan fingerprint density at radius 3 is 2.56 bits per heavy atom. The molecule has 0 saturated heterocycles. The smallest absolute Gasteiger partial charge is 0.396 e. The number of halogens is 3. The highest BCUT2D eigenvalue weighted by Gasteiger charge is 2.46. The van der Waals surface area contributed by atoms with Crippen LogP contribution >= 0.6 is 0 Å². The van der Waals surface area contributed by atoms with E-state index < -0.39 is 24.0 Å². The summed E-state index contributed by atoms with van der Waals surface area (Å²) in [6.45, 7) is -0.110. The number of rotatable bonds is 4. The van der Waals surface area contributed by atoms with Crippen LogP contribution in [0.15, 0.2) is 0 Å². The summed E-state index contributed by atoms with van der Waals surface area (Å²) in [6, 6.07) is 0. The van der Waals surface area contributed by atoms with Crippen LogP contribution in [0.25, 0.3) is 0 Å². The number of aromatic nitrogens is 4. The van der Waals surface area contributed by atoms with Crippen molar-refractivity contribution < 1.29 is 23.1 Å². The second-order valence-electron chi connectivity index (χ2n) is 4.48. The molecule has 9 heteroatoms. The van der Waals surface area contributed by atoms with Gasteiger partial charge in [-0.25, -0.2) is 4.68 Å². The Kier molecular flexibility index (Phi) is 2.99. The number of hydrogen-bond acceptors (Lipinski definition) is 4. The Morgan fingerprint density at radius 1 is 1.44 bits per heavy atom. The summed E-state index contributed by atoms with van der Waals surface area (Å²) < 4.78 is 37.7. The van der Waals surface area contributed by atoms with Crippen LogP contribution in [0.2, 0.25) is 0 Å². The van der Waals surface area contributed by atoms with Crippen LogP contribution in [0.1, 0.15) is 25.1 Å². The summed E-state index contributed by atoms with van der Waals surface area (Å²) in [7, 11) is 0. The molecule has 0 unspecified atom stereocenters. The molecule has 0 atom stereocenters. The standard InChI is InChI=1S/C9H11F3N4O2/c10-9(11,12)4-6-13-14-15-16(6)5-8(7(17)18)2-1-3-8/h1-5H2,(H,17,18). The maximum Gasteiger partial charge on any atom is 0.396 e. The first-order chi connectivity index (χ1) is 8.32. The van der Waals surface area contributed by atoms with Crippen LogP contribution in [-0.4, -0.2) is 37.5 Å². The number of carboxylic acids is 1. The van der Waals surface area contributed by atoms with Gasteiger partial charge in [0.25, 0.3) is 0 Å². The first-order valence-corrected chi connectivity index (χ1v) is 5.38. The van der Waals surface area contributed by atoms with Crippen molar-refractivity contribution in [1.29, 1.82) is 0 Å². The van der Waals surface area contributed by atoms with Crippen molar-refractivity contribution in [3.63, 3.8) is 0 Å². The van der Waals surface area contributed by atoms with Crippen molar-refractivity contribution in [3.05, 3.63) is 5.82 Å². The molecule has 18 heavy (non-hydrogen) atoms. The Bertz CT molecular complexity index is 453. The molecule has 1 saturated carbocycles. The maximum absolute atomic E-state index is 12.3. The third kappa shape index (κ3) is 2.44. The molecule has 100 valence electrons. The van der Waals surface area contributed by atoms with Gasteiger partial charge in [0.1, 0.15) is 6.42 Å². The van der Waals surface area contributed by atoms with Gasteiger partial charge < -0.3 is 5.11 Å². The molecule has 6 nitrogen and oxygen atoms in total. The van der Waals surface area contributed by atoms with Gasteiger partial charge in [-0.1, -0.05) is 6.42 Å². The van der Waals surface area contributed by atoms with E-state index in [1.54, 1.807) is 0 Å². The van der Waals surface area contributed by atoms with Crippen LogP contribution < -0.4 is 0 Å². The lowest BCUT2D eigenvalue weighted by atomic mass is 9.69. The molecule has 1 aromatic heterocycles. The van der Waals surface area contributed by atoms with E-state index in [4.69, 9.17) is 5.11 Å². The zero-order chi connectivity index (χ0) is 13.4. The number of hydrogen-bond donors (Lipinski definition) is 1. The number of aliphatic carboxylic acids is 1. The fourth-order valence-electron chi connectivity index (χ4n) is 1.98. The third-order valence-electron chi connectivity index (χ3n) is 3.18. The molecule has 1 fully saturated rings. The predicted octanol–water partition coefficient (Wildman–Crippen LogP) is 1.03. The van der Waals surface area contributed by atoms with Gasteiger partial charge in [0, 0.05) is 0 Å². The van der Waals surface area contributed by atoms with Gasteiger partial charge in [-0.15, -0.1) is 5.10 Å². The van der Waals surface area contributed by atoms with Gasteiger partial charge in [0.2, 0.25) is 0 Å². The molecule has 0 spiro atoms. The lowest BCUT2D eigenvalue weighted by Gasteiger charge is -2.37. The second kappa shape index (κ2) is 4.21. The zero-order valence-corrected chi connectivity index (χ0v) is 9.31. The average Bonchev–Trinajstić information content (AvgIpc) is 2.55. The lowest BCUT2D eigenvalue weighted by Crippen LogP contribution is -2.42. The van der Waals surface area contributed by atoms with Gasteiger partial charge in [0.15, 0.2) is 5.82 Å². The number of tetrazole rings is 1. The van der Waals surface area contributed by atoms with Gasteiger partial charge in [-0.3, -0.25) is 4.79 Å². The average molecular weight is 264 g/mol. The van der Waals surface area contributed by atoms with E-state index in [0.29, 0.717) is 12.8 Å². The topological polar surface area (TPSA) is 80.9 Å². The Labute approximate surface area is 99.8 Å². The Hall–Kier alpha value is -1.67. The fourth-order valence-corrected chi connectivity index (χ4v) is 1.98. The summed E-state index contributed by atoms with van der Waals surface area (Å²) in [5, 5.41) is 19.0. The van der Waals surface area contributed by atoms with Gasteiger partial charge in [-0.2, -0.15) is 13.2 Å². The molecular weight excluding hydrogens is 253 g/mol. The third-order valence-corrected chi connectivity index (χ3v) is 3.18. The summed E-state index contributed by atoms with van der Waals surface area (Å²) in [6.07, 6.45) is -4.04. The number of nitrogens with zero attached hydrogens (tertiary/aromatic N) is 4. The number of carboxylic acid groups (broad SMARTS) is 1. The molecule has 0 radical (unpaired) electrons. The van der Waals surface area contributed by atoms with Crippen molar-refractivity contribution >= 4 is 5.97 Å². The second-order valence-corrected chi connectivity index (χ2v) is 4.48. The lowest BCUT2D eigenvalue weighted by molar-refractivity contribution is -0.156. The van der Waals surface area contributed by atoms with Gasteiger partial charge in [0.05, 0.1) is 12.0 Å². The van der Waals surface area contributed by atoms with Gasteiger partial charge >= 0.3 is 12.1 Å². The normalized spacial score (nSPS) is 18.4. The molecule has 1 heterocycles. The van der Waals surface area contributed by atoms with Crippen LogP contribution in [0.5, 0.6) is 0 Å². The molecule has 0 aromatic carbocycles. The number of carbonyl (C=O) groups is 1. The highest BCUT2D eigenvalue weighted by molar-refractivity contribution is 5.75. The van der Waals surface area contributed by atoms with E-state index >= 15 is 0 Å². The van der Waals surface area contributed by atoms with Crippen LogP contribution in [0, 0.1) is 5.41 Å². The molecule has 0 aliphatic heterocycles. The summed E-state index contributed by atoms with van der Waals surface area (Å²) in [5.41, 5.74) is -1.02. The van der Waals surface area contributed by atoms with Crippen molar-refractivity contribution in [2.24, 2.45) is 5.41 Å². The van der Waals surface area contributed by atoms with Gasteiger partial charge in [-0.05, 0) is 23.3 Å². The van der Waals surface area contributed by atoms with Crippen LogP contribution in [0.3, 0.4) is 0 Å². The molecule has 0 amide bonds. The van der Waals surface area contributed by atoms with Crippen molar-refractivity contribution in [2.75, 3.05) is 0 Å². The fraction of sp³-hybridized carbons (Fsp3) is 0.778. The minimum atomic E-state index is -4.41. The van der Waals surface area contributed by atoms with Crippen molar-refractivity contribution in [2.45, 2.75) is 38.4 Å². The molecule has 2 rings (SSSR count). The minimum Gasteiger partial charge on any atom is -0.481 e. The molecule has 1 N–H and O–H groups in total. The van der Waals surface area contributed by atoms with E-state index in [-0.39, 0.29) is 12.4 Å². The van der Waals surface area contributed by atoms with E-state index in [1.165, 1.54) is 0 Å². The first kappa shape index (κ1) is 12.8. The molecule has 0 bridgehead atoms. The highest BCUT2D eigenvalue weighted by Crippen LogP contribution is 2.42. The monoisotopic (exact) mass is 264 g/mol. The zero-order valence-electron chi connectivity index (χ0n) is 9.31. The number of alkyl halides is 3. The van der Waals surface area contributed by atoms with E-state index in [0.717, 1.165) is 11.1 Å². The quantitative estimate of drug-likeness (QED) is 0.878. The van der Waals surface area contributed by atoms with Crippen LogP contribution in [-0.2, 0) is 17.8 Å². The highest BCUT2D eigenvalue weighted by atomic mass is 19.4. The van der Waals surface area contributed by atoms with E-state index in [1.807, 2.05) is 0 Å². The SMILES string of the molecule is O=C(O)C1(Cn2nnnc2CC(F)(F)F)CCC1. The summed E-state index contributed by atoms with van der Waals surface area (Å²) in [5.74, 6) is -1.36. The molecular formula is C9H11F3N4O2. The molecule has 1 aliphatic rings. The minimum absolute atomic E-state index is 0.110. The van der Waals surface area contributed by atoms with E-state index in [9.17, 15) is 18.0 Å². The van der Waals surface area contributed by atoms with Crippen LogP contribution in [0.4, 0.5) is 13.2 Å². The van der Waals surface area contributed by atoms with Crippen molar-refractivity contribution in [3.8, 4) is 0 Å². The molecule has 1 aromatic rings. The van der Waals surface area contributed by atoms with Crippen molar-refractivity contribution in [1.82, 2.24) is 20.2 Å². The largest absolute Gasteiger partial charge is 0.481 e. The molecule has 1 aliphatic carbocycles. The first-order valence-electron chi connectivity index (χ1n) is 5.38. The summed E-state index contributed by atoms with van der Waals surface area (Å²) >= 11 is 0. The van der Waals surface area contributed by atoms with E-state index in [2.05, 4.69) is 15.5 Å². The Balaban J connectivity index is 2.15. The summed E-state index contributed by atoms with van der Waals surface area (Å²) in [4.78, 5) is 11.1. The Morgan fingerprint density at radius 2 is 2.11 bits per heavy atom. The maximum atomic E-state index is 12.3. The predicted molar refractivity (Wildman–Crippen MR) is 51.5 cm³/mol.